The first-order valence-electron chi connectivity index (χ1n) is 10.4. The van der Waals surface area contributed by atoms with Gasteiger partial charge in [-0.3, -0.25) is 4.68 Å². The molecule has 1 aromatic carbocycles. The number of aryl methyl sites for hydroxylation is 1. The molecule has 0 amide bonds. The number of halogens is 3. The highest BCUT2D eigenvalue weighted by Gasteiger charge is 2.36. The van der Waals surface area contributed by atoms with Crippen molar-refractivity contribution in [2.45, 2.75) is 50.9 Å². The lowest BCUT2D eigenvalue weighted by Gasteiger charge is -2.20. The van der Waals surface area contributed by atoms with E-state index in [1.165, 1.54) is 6.07 Å². The zero-order valence-electron chi connectivity index (χ0n) is 17.9. The number of fused-ring (bicyclic) bond motifs is 1. The van der Waals surface area contributed by atoms with Gasteiger partial charge in [-0.25, -0.2) is 5.26 Å². The van der Waals surface area contributed by atoms with E-state index >= 15 is 0 Å². The van der Waals surface area contributed by atoms with E-state index in [0.29, 0.717) is 54.1 Å². The van der Waals surface area contributed by atoms with Crippen LogP contribution in [0.1, 0.15) is 48.9 Å². The molecular weight excluding hydrogens is 400 g/mol. The van der Waals surface area contributed by atoms with Gasteiger partial charge in [-0.15, -0.1) is 0 Å². The number of nitriles is 1. The molecule has 0 radical (unpaired) electrons. The fraction of sp³-hybridized carbons (Fsp3) is 0.391. The van der Waals surface area contributed by atoms with Gasteiger partial charge < -0.3 is 5.32 Å². The Morgan fingerprint density at radius 3 is 2.77 bits per heavy atom. The minimum Gasteiger partial charge on any atom is -0.366 e. The average Bonchev–Trinajstić information content (AvgIpc) is 3.07. The predicted molar refractivity (Wildman–Crippen MR) is 119 cm³/mol. The number of benzene rings is 1. The third-order valence-corrected chi connectivity index (χ3v) is 5.92. The molecule has 1 aliphatic rings. The summed E-state index contributed by atoms with van der Waals surface area (Å²) in [6.45, 7) is 9.36. The van der Waals surface area contributed by atoms with Crippen LogP contribution in [0, 0.1) is 11.2 Å². The highest BCUT2D eigenvalue weighted by Crippen LogP contribution is 2.41. The summed E-state index contributed by atoms with van der Waals surface area (Å²) in [5.41, 5.74) is 2.35. The van der Waals surface area contributed by atoms with Crippen LogP contribution in [0.15, 0.2) is 43.3 Å². The highest BCUT2D eigenvalue weighted by molar-refractivity contribution is 6.67. The van der Waals surface area contributed by atoms with Crippen LogP contribution < -0.4 is 5.32 Å². The van der Waals surface area contributed by atoms with Gasteiger partial charge in [0.05, 0.1) is 16.8 Å². The fourth-order valence-corrected chi connectivity index (χ4v) is 4.13. The Balaban J connectivity index is 2.04. The van der Waals surface area contributed by atoms with Gasteiger partial charge >= 0.3 is 6.18 Å². The summed E-state index contributed by atoms with van der Waals surface area (Å²) in [5, 5.41) is 17.1. The van der Waals surface area contributed by atoms with Crippen LogP contribution in [0.25, 0.3) is 16.5 Å². The normalized spacial score (nSPS) is 15.4. The van der Waals surface area contributed by atoms with Crippen molar-refractivity contribution in [3.8, 4) is 5.97 Å². The standard InChI is InChI=1S/C23H26BF3N4/c1-5-29-16(3)7-6-15(2)22-19-12-20(23(25,26)27)18(13-21(19)31(4)30-22)17-8-10-24(14-28)11-9-17/h5,8,12-13,15,29H,1,3,6-7,9-11H2,2,4H3. The lowest BCUT2D eigenvalue weighted by molar-refractivity contribution is -0.137. The first-order valence-corrected chi connectivity index (χ1v) is 10.4. The van der Waals surface area contributed by atoms with Crippen molar-refractivity contribution in [3.05, 3.63) is 60.1 Å². The van der Waals surface area contributed by atoms with E-state index < -0.39 is 11.7 Å². The van der Waals surface area contributed by atoms with Gasteiger partial charge in [-0.2, -0.15) is 18.3 Å². The maximum atomic E-state index is 14.0. The molecule has 0 saturated heterocycles. The molecule has 1 aromatic heterocycles. The number of nitrogens with zero attached hydrogens (tertiary/aromatic N) is 3. The van der Waals surface area contributed by atoms with E-state index in [4.69, 9.17) is 5.26 Å². The zero-order chi connectivity index (χ0) is 22.8. The Hall–Kier alpha value is -2.95. The quantitative estimate of drug-likeness (QED) is 0.547. The Morgan fingerprint density at radius 1 is 1.45 bits per heavy atom. The molecule has 0 fully saturated rings. The van der Waals surface area contributed by atoms with Crippen LogP contribution >= 0.6 is 0 Å². The molecule has 0 saturated carbocycles. The number of nitrogens with one attached hydrogen (secondary N) is 1. The van der Waals surface area contributed by atoms with E-state index in [1.807, 2.05) is 6.92 Å². The number of alkyl halides is 3. The van der Waals surface area contributed by atoms with Crippen molar-refractivity contribution in [1.29, 1.82) is 5.26 Å². The zero-order valence-corrected chi connectivity index (χ0v) is 17.9. The molecule has 1 aliphatic heterocycles. The first-order chi connectivity index (χ1) is 14.7. The summed E-state index contributed by atoms with van der Waals surface area (Å²) in [7, 11) is 1.76. The van der Waals surface area contributed by atoms with Gasteiger partial charge in [0.2, 0.25) is 0 Å². The first kappa shape index (κ1) is 22.7. The maximum Gasteiger partial charge on any atom is 0.417 e. The minimum atomic E-state index is -4.48. The summed E-state index contributed by atoms with van der Waals surface area (Å²) in [6, 6.07) is 2.86. The third-order valence-electron chi connectivity index (χ3n) is 5.92. The summed E-state index contributed by atoms with van der Waals surface area (Å²) >= 11 is 0. The molecule has 1 unspecified atom stereocenters. The van der Waals surface area contributed by atoms with Crippen LogP contribution in [0.5, 0.6) is 0 Å². The van der Waals surface area contributed by atoms with Gasteiger partial charge in [0, 0.05) is 30.0 Å². The van der Waals surface area contributed by atoms with Gasteiger partial charge in [0.1, 0.15) is 0 Å². The Morgan fingerprint density at radius 2 is 2.19 bits per heavy atom. The molecule has 1 N–H and O–H groups in total. The third kappa shape index (κ3) is 4.87. The summed E-state index contributed by atoms with van der Waals surface area (Å²) in [5.74, 6) is 2.17. The SMILES string of the molecule is C=CNC(=C)CCC(C)c1nn(C)c2cc(C3=CCB(C#N)CC3)c(C(F)(F)F)cc12. The van der Waals surface area contributed by atoms with Crippen molar-refractivity contribution in [2.75, 3.05) is 0 Å². The van der Waals surface area contributed by atoms with Crippen LogP contribution in [0.4, 0.5) is 13.2 Å². The minimum absolute atomic E-state index is 0.0377. The Bertz CT molecular complexity index is 1080. The second-order valence-corrected chi connectivity index (χ2v) is 8.14. The second-order valence-electron chi connectivity index (χ2n) is 8.14. The molecule has 0 bridgehead atoms. The van der Waals surface area contributed by atoms with E-state index in [2.05, 4.69) is 29.5 Å². The van der Waals surface area contributed by atoms with E-state index in [1.54, 1.807) is 30.1 Å². The van der Waals surface area contributed by atoms with Crippen LogP contribution in [-0.4, -0.2) is 16.5 Å². The van der Waals surface area contributed by atoms with Crippen molar-refractivity contribution in [3.63, 3.8) is 0 Å². The van der Waals surface area contributed by atoms with Crippen LogP contribution in [-0.2, 0) is 13.2 Å². The predicted octanol–water partition coefficient (Wildman–Crippen LogP) is 6.07. The van der Waals surface area contributed by atoms with Crippen LogP contribution in [0.2, 0.25) is 12.6 Å². The molecule has 3 rings (SSSR count). The smallest absolute Gasteiger partial charge is 0.366 e. The van der Waals surface area contributed by atoms with Crippen molar-refractivity contribution < 1.29 is 13.2 Å². The van der Waals surface area contributed by atoms with E-state index in [0.717, 1.165) is 5.70 Å². The summed E-state index contributed by atoms with van der Waals surface area (Å²) < 4.78 is 43.7. The second kappa shape index (κ2) is 9.05. The lowest BCUT2D eigenvalue weighted by atomic mass is 9.43. The molecule has 2 heterocycles. The van der Waals surface area contributed by atoms with E-state index in [9.17, 15) is 13.2 Å². The van der Waals surface area contributed by atoms with Gasteiger partial charge in [-0.1, -0.05) is 32.5 Å². The largest absolute Gasteiger partial charge is 0.417 e. The average molecular weight is 426 g/mol. The number of allylic oxidation sites excluding steroid dienone is 3. The molecule has 31 heavy (non-hydrogen) atoms. The van der Waals surface area contributed by atoms with Gasteiger partial charge in [0.15, 0.2) is 0 Å². The number of hydrogen-bond donors (Lipinski definition) is 1. The topological polar surface area (TPSA) is 53.6 Å². The Labute approximate surface area is 181 Å². The maximum absolute atomic E-state index is 14.0. The molecule has 162 valence electrons. The number of aromatic nitrogens is 2. The monoisotopic (exact) mass is 426 g/mol. The number of rotatable bonds is 7. The molecule has 0 aliphatic carbocycles. The number of hydrogen-bond acceptors (Lipinski definition) is 3. The van der Waals surface area contributed by atoms with Crippen molar-refractivity contribution in [1.82, 2.24) is 15.1 Å². The van der Waals surface area contributed by atoms with Crippen LogP contribution in [0.3, 0.4) is 0 Å². The van der Waals surface area contributed by atoms with Gasteiger partial charge in [0.25, 0.3) is 6.71 Å². The summed E-state index contributed by atoms with van der Waals surface area (Å²) in [6.07, 6.45) is 1.76. The molecule has 0 spiro atoms. The van der Waals surface area contributed by atoms with E-state index in [-0.39, 0.29) is 18.2 Å². The molecule has 8 heteroatoms. The Kier molecular flexibility index (Phi) is 6.64. The lowest BCUT2D eigenvalue weighted by Crippen LogP contribution is -2.15. The molecule has 4 nitrogen and oxygen atoms in total. The fourth-order valence-electron chi connectivity index (χ4n) is 4.13. The van der Waals surface area contributed by atoms with Gasteiger partial charge in [-0.05, 0) is 55.1 Å². The highest BCUT2D eigenvalue weighted by atomic mass is 19.4. The van der Waals surface area contributed by atoms with Crippen molar-refractivity contribution >= 4 is 23.2 Å². The van der Waals surface area contributed by atoms with Crippen molar-refractivity contribution in [2.24, 2.45) is 7.05 Å². The molecule has 1 atom stereocenters. The molecule has 2 aromatic rings. The summed E-state index contributed by atoms with van der Waals surface area (Å²) in [4.78, 5) is 0. The molecular formula is C23H26BF3N4.